The predicted octanol–water partition coefficient (Wildman–Crippen LogP) is 5.92. The van der Waals surface area contributed by atoms with E-state index in [1.54, 1.807) is 23.1 Å². The van der Waals surface area contributed by atoms with E-state index in [-0.39, 0.29) is 17.1 Å². The van der Waals surface area contributed by atoms with Crippen molar-refractivity contribution in [3.8, 4) is 0 Å². The first-order valence-corrected chi connectivity index (χ1v) is 10.9. The number of aryl methyl sites for hydroxylation is 2. The Balaban J connectivity index is 1.72. The minimum absolute atomic E-state index is 0.137. The van der Waals surface area contributed by atoms with Crippen molar-refractivity contribution >= 4 is 32.8 Å². The molecule has 1 unspecified atom stereocenters. The van der Waals surface area contributed by atoms with E-state index in [2.05, 4.69) is 15.9 Å². The molecule has 31 heavy (non-hydrogen) atoms. The van der Waals surface area contributed by atoms with Crippen LogP contribution in [-0.4, -0.2) is 10.8 Å². The lowest BCUT2D eigenvalue weighted by Gasteiger charge is -2.25. The molecular formula is C26H20BrNO3. The summed E-state index contributed by atoms with van der Waals surface area (Å²) >= 11 is 3.43. The van der Waals surface area contributed by atoms with Crippen molar-refractivity contribution in [1.29, 1.82) is 0 Å². The number of halogens is 1. The van der Waals surface area contributed by atoms with Gasteiger partial charge in [0.25, 0.3) is 5.91 Å². The molecule has 4 nitrogen and oxygen atoms in total. The van der Waals surface area contributed by atoms with Crippen molar-refractivity contribution in [1.82, 2.24) is 4.90 Å². The molecule has 0 bridgehead atoms. The molecule has 0 saturated heterocycles. The summed E-state index contributed by atoms with van der Waals surface area (Å²) in [5.41, 5.74) is 4.83. The predicted molar refractivity (Wildman–Crippen MR) is 124 cm³/mol. The number of benzene rings is 3. The maximum absolute atomic E-state index is 13.6. The maximum Gasteiger partial charge on any atom is 0.291 e. The van der Waals surface area contributed by atoms with Crippen LogP contribution in [-0.2, 0) is 6.54 Å². The summed E-state index contributed by atoms with van der Waals surface area (Å²) in [5.74, 6) is -0.124. The maximum atomic E-state index is 13.6. The number of carbonyl (C=O) groups is 1. The van der Waals surface area contributed by atoms with Crippen LogP contribution >= 0.6 is 15.9 Å². The van der Waals surface area contributed by atoms with Gasteiger partial charge in [-0.15, -0.1) is 0 Å². The fourth-order valence-electron chi connectivity index (χ4n) is 4.14. The van der Waals surface area contributed by atoms with E-state index in [1.165, 1.54) is 0 Å². The van der Waals surface area contributed by atoms with E-state index in [0.29, 0.717) is 23.1 Å². The number of hydrogen-bond donors (Lipinski definition) is 0. The molecule has 1 amide bonds. The minimum Gasteiger partial charge on any atom is -0.450 e. The van der Waals surface area contributed by atoms with Crippen molar-refractivity contribution in [2.24, 2.45) is 0 Å². The van der Waals surface area contributed by atoms with Gasteiger partial charge in [-0.2, -0.15) is 0 Å². The van der Waals surface area contributed by atoms with Crippen LogP contribution in [0.4, 0.5) is 0 Å². The second-order valence-electron chi connectivity index (χ2n) is 8.05. The van der Waals surface area contributed by atoms with Gasteiger partial charge in [0.1, 0.15) is 5.58 Å². The molecule has 1 aliphatic heterocycles. The van der Waals surface area contributed by atoms with Gasteiger partial charge < -0.3 is 9.32 Å². The van der Waals surface area contributed by atoms with Gasteiger partial charge in [-0.25, -0.2) is 0 Å². The standard InChI is InChI=1S/C26H20BrNO3/c1-15-3-7-17(8-4-15)14-28-23(18-9-5-16(2)6-10-18)22-24(29)20-13-19(27)11-12-21(20)31-25(22)26(28)30/h3-13,23H,14H2,1-2H3. The van der Waals surface area contributed by atoms with Crippen LogP contribution in [0.3, 0.4) is 0 Å². The molecule has 0 radical (unpaired) electrons. The third kappa shape index (κ3) is 3.39. The van der Waals surface area contributed by atoms with Crippen molar-refractivity contribution in [3.63, 3.8) is 0 Å². The number of amides is 1. The van der Waals surface area contributed by atoms with E-state index in [0.717, 1.165) is 26.7 Å². The Bertz CT molecular complexity index is 1370. The first-order valence-electron chi connectivity index (χ1n) is 10.1. The molecule has 1 aromatic heterocycles. The molecule has 3 aromatic carbocycles. The Morgan fingerprint density at radius 2 is 1.55 bits per heavy atom. The van der Waals surface area contributed by atoms with E-state index >= 15 is 0 Å². The Hall–Kier alpha value is -3.18. The first-order chi connectivity index (χ1) is 14.9. The van der Waals surface area contributed by atoms with Gasteiger partial charge in [0.2, 0.25) is 5.76 Å². The molecule has 5 rings (SSSR count). The Morgan fingerprint density at radius 1 is 0.903 bits per heavy atom. The van der Waals surface area contributed by atoms with Gasteiger partial charge in [-0.3, -0.25) is 9.59 Å². The smallest absolute Gasteiger partial charge is 0.291 e. The fraction of sp³-hybridized carbons (Fsp3) is 0.154. The van der Waals surface area contributed by atoms with Crippen LogP contribution in [0.25, 0.3) is 11.0 Å². The van der Waals surface area contributed by atoms with E-state index < -0.39 is 6.04 Å². The van der Waals surface area contributed by atoms with Gasteiger partial charge in [-0.05, 0) is 43.2 Å². The van der Waals surface area contributed by atoms with Crippen molar-refractivity contribution in [2.45, 2.75) is 26.4 Å². The molecule has 1 atom stereocenters. The molecule has 0 saturated carbocycles. The molecule has 154 valence electrons. The number of rotatable bonds is 3. The molecule has 4 aromatic rings. The molecule has 0 N–H and O–H groups in total. The third-order valence-corrected chi connectivity index (χ3v) is 6.29. The summed E-state index contributed by atoms with van der Waals surface area (Å²) in [4.78, 5) is 28.8. The van der Waals surface area contributed by atoms with E-state index in [9.17, 15) is 9.59 Å². The summed E-state index contributed by atoms with van der Waals surface area (Å²) in [5, 5.41) is 0.468. The van der Waals surface area contributed by atoms with Crippen LogP contribution in [0.5, 0.6) is 0 Å². The average molecular weight is 474 g/mol. The van der Waals surface area contributed by atoms with E-state index in [1.807, 2.05) is 62.4 Å². The van der Waals surface area contributed by atoms with Crippen LogP contribution in [0, 0.1) is 13.8 Å². The number of carbonyl (C=O) groups excluding carboxylic acids is 1. The summed E-state index contributed by atoms with van der Waals surface area (Å²) in [6, 6.07) is 20.8. The number of fused-ring (bicyclic) bond motifs is 2. The van der Waals surface area contributed by atoms with Gasteiger partial charge in [0.15, 0.2) is 5.43 Å². The first kappa shape index (κ1) is 19.8. The third-order valence-electron chi connectivity index (χ3n) is 5.79. The summed E-state index contributed by atoms with van der Waals surface area (Å²) in [7, 11) is 0. The number of nitrogens with zero attached hydrogens (tertiary/aromatic N) is 1. The lowest BCUT2D eigenvalue weighted by molar-refractivity contribution is 0.0714. The lowest BCUT2D eigenvalue weighted by atomic mass is 9.97. The zero-order chi connectivity index (χ0) is 21.7. The van der Waals surface area contributed by atoms with Crippen molar-refractivity contribution < 1.29 is 9.21 Å². The van der Waals surface area contributed by atoms with Crippen LogP contribution in [0.2, 0.25) is 0 Å². The SMILES string of the molecule is Cc1ccc(CN2C(=O)c3oc4ccc(Br)cc4c(=O)c3C2c2ccc(C)cc2)cc1. The van der Waals surface area contributed by atoms with Gasteiger partial charge in [0, 0.05) is 11.0 Å². The molecule has 2 heterocycles. The zero-order valence-electron chi connectivity index (χ0n) is 17.2. The molecule has 0 fully saturated rings. The lowest BCUT2D eigenvalue weighted by Crippen LogP contribution is -2.29. The topological polar surface area (TPSA) is 50.5 Å². The van der Waals surface area contributed by atoms with Crippen molar-refractivity contribution in [2.75, 3.05) is 0 Å². The van der Waals surface area contributed by atoms with Crippen LogP contribution in [0.1, 0.15) is 44.4 Å². The monoisotopic (exact) mass is 473 g/mol. The highest BCUT2D eigenvalue weighted by molar-refractivity contribution is 9.10. The summed E-state index contributed by atoms with van der Waals surface area (Å²) < 4.78 is 6.79. The second kappa shape index (κ2) is 7.50. The fourth-order valence-corrected chi connectivity index (χ4v) is 4.50. The highest BCUT2D eigenvalue weighted by Crippen LogP contribution is 2.39. The van der Waals surface area contributed by atoms with Crippen molar-refractivity contribution in [3.05, 3.63) is 115 Å². The highest BCUT2D eigenvalue weighted by atomic mass is 79.9. The van der Waals surface area contributed by atoms with Gasteiger partial charge in [0.05, 0.1) is 17.0 Å². The minimum atomic E-state index is -0.496. The molecule has 0 spiro atoms. The van der Waals surface area contributed by atoms with E-state index in [4.69, 9.17) is 4.42 Å². The summed E-state index contributed by atoms with van der Waals surface area (Å²) in [6.07, 6.45) is 0. The van der Waals surface area contributed by atoms with Gasteiger partial charge >= 0.3 is 0 Å². The second-order valence-corrected chi connectivity index (χ2v) is 8.96. The summed E-state index contributed by atoms with van der Waals surface area (Å²) in [6.45, 7) is 4.43. The largest absolute Gasteiger partial charge is 0.450 e. The zero-order valence-corrected chi connectivity index (χ0v) is 18.8. The normalized spacial score (nSPS) is 15.5. The average Bonchev–Trinajstić information content (AvgIpc) is 3.03. The quantitative estimate of drug-likeness (QED) is 0.371. The molecule has 1 aliphatic rings. The molecule has 5 heteroatoms. The van der Waals surface area contributed by atoms with Crippen LogP contribution < -0.4 is 5.43 Å². The van der Waals surface area contributed by atoms with Crippen LogP contribution in [0.15, 0.2) is 80.4 Å². The molecular weight excluding hydrogens is 454 g/mol. The Morgan fingerprint density at radius 3 is 2.23 bits per heavy atom. The Kier molecular flexibility index (Phi) is 4.78. The van der Waals surface area contributed by atoms with Gasteiger partial charge in [-0.1, -0.05) is 75.6 Å². The highest BCUT2D eigenvalue weighted by Gasteiger charge is 2.42. The molecule has 0 aliphatic carbocycles. The number of hydrogen-bond acceptors (Lipinski definition) is 3. The Labute approximate surface area is 188 Å².